The number of thiophene rings is 1. The smallest absolute Gasteiger partial charge is 0.264 e. The van der Waals surface area contributed by atoms with E-state index in [-0.39, 0.29) is 11.8 Å². The van der Waals surface area contributed by atoms with Crippen LogP contribution >= 0.6 is 11.3 Å². The van der Waals surface area contributed by atoms with Crippen LogP contribution < -0.4 is 5.32 Å². The van der Waals surface area contributed by atoms with E-state index in [1.807, 2.05) is 11.8 Å². The van der Waals surface area contributed by atoms with E-state index in [2.05, 4.69) is 20.2 Å². The number of hydrogen-bond acceptors (Lipinski definition) is 6. The lowest BCUT2D eigenvalue weighted by Crippen LogP contribution is -2.37. The Morgan fingerprint density at radius 3 is 2.97 bits per heavy atom. The fourth-order valence-corrected chi connectivity index (χ4v) is 6.24. The van der Waals surface area contributed by atoms with Crippen LogP contribution in [0.5, 0.6) is 0 Å². The highest BCUT2D eigenvalue weighted by molar-refractivity contribution is 7.20. The second-order valence-corrected chi connectivity index (χ2v) is 9.51. The Hall–Kier alpha value is -2.22. The highest BCUT2D eigenvalue weighted by Crippen LogP contribution is 2.40. The van der Waals surface area contributed by atoms with Crippen LogP contribution in [0.15, 0.2) is 6.33 Å². The third kappa shape index (κ3) is 3.37. The van der Waals surface area contributed by atoms with Crippen molar-refractivity contribution >= 4 is 39.2 Å². The van der Waals surface area contributed by atoms with E-state index in [0.717, 1.165) is 71.9 Å². The van der Waals surface area contributed by atoms with E-state index in [4.69, 9.17) is 0 Å². The van der Waals surface area contributed by atoms with Crippen molar-refractivity contribution in [2.24, 2.45) is 5.92 Å². The SMILES string of the molecule is Cc1c(C(=O)N2CC3CCC2C3)sc2ncnc(NCCCN3CCCC3=O)c12. The van der Waals surface area contributed by atoms with Gasteiger partial charge in [-0.05, 0) is 50.5 Å². The number of rotatable bonds is 6. The standard InChI is InChI=1S/C21H27N5O2S/c1-13-17-19(22-7-3-9-25-8-2-4-16(25)27)23-12-24-20(17)29-18(13)21(28)26-11-14-5-6-15(26)10-14/h12,14-15H,2-11H2,1H3,(H,22,23,24). The number of aromatic nitrogens is 2. The summed E-state index contributed by atoms with van der Waals surface area (Å²) in [7, 11) is 0. The molecule has 29 heavy (non-hydrogen) atoms. The predicted molar refractivity (Wildman–Crippen MR) is 113 cm³/mol. The molecule has 2 aromatic heterocycles. The number of fused-ring (bicyclic) bond motifs is 3. The number of aryl methyl sites for hydroxylation is 1. The van der Waals surface area contributed by atoms with Crippen LogP contribution in [-0.2, 0) is 4.79 Å². The van der Waals surface area contributed by atoms with Crippen molar-refractivity contribution in [2.45, 2.75) is 51.5 Å². The molecule has 1 saturated carbocycles. The van der Waals surface area contributed by atoms with E-state index in [9.17, 15) is 9.59 Å². The molecule has 0 aromatic carbocycles. The summed E-state index contributed by atoms with van der Waals surface area (Å²) in [5.74, 6) is 1.91. The quantitative estimate of drug-likeness (QED) is 0.737. The molecule has 2 saturated heterocycles. The fraction of sp³-hybridized carbons (Fsp3) is 0.619. The molecule has 4 heterocycles. The topological polar surface area (TPSA) is 78.4 Å². The van der Waals surface area contributed by atoms with Gasteiger partial charge in [-0.3, -0.25) is 9.59 Å². The van der Waals surface area contributed by atoms with Crippen molar-refractivity contribution < 1.29 is 9.59 Å². The molecule has 1 N–H and O–H groups in total. The summed E-state index contributed by atoms with van der Waals surface area (Å²) in [6, 6.07) is 0.425. The number of nitrogens with zero attached hydrogens (tertiary/aromatic N) is 4. The summed E-state index contributed by atoms with van der Waals surface area (Å²) >= 11 is 1.49. The van der Waals surface area contributed by atoms with Crippen molar-refractivity contribution in [2.75, 3.05) is 31.5 Å². The zero-order valence-electron chi connectivity index (χ0n) is 16.8. The summed E-state index contributed by atoms with van der Waals surface area (Å²) in [6.07, 6.45) is 7.68. The van der Waals surface area contributed by atoms with Gasteiger partial charge < -0.3 is 15.1 Å². The minimum absolute atomic E-state index is 0.163. The Morgan fingerprint density at radius 2 is 2.24 bits per heavy atom. The number of anilines is 1. The average Bonchev–Trinajstić information content (AvgIpc) is 3.50. The van der Waals surface area contributed by atoms with Crippen LogP contribution in [0.3, 0.4) is 0 Å². The van der Waals surface area contributed by atoms with Gasteiger partial charge in [-0.25, -0.2) is 9.97 Å². The molecular formula is C21H27N5O2S. The second-order valence-electron chi connectivity index (χ2n) is 8.51. The Bertz CT molecular complexity index is 958. The van der Waals surface area contributed by atoms with Gasteiger partial charge in [-0.2, -0.15) is 0 Å². The van der Waals surface area contributed by atoms with E-state index in [1.54, 1.807) is 6.33 Å². The minimum Gasteiger partial charge on any atom is -0.369 e. The number of carbonyl (C=O) groups is 2. The average molecular weight is 414 g/mol. The van der Waals surface area contributed by atoms with Crippen molar-refractivity contribution in [3.8, 4) is 0 Å². The van der Waals surface area contributed by atoms with Gasteiger partial charge in [-0.1, -0.05) is 0 Å². The van der Waals surface area contributed by atoms with E-state index < -0.39 is 0 Å². The monoisotopic (exact) mass is 413 g/mol. The zero-order chi connectivity index (χ0) is 20.0. The molecule has 2 unspecified atom stereocenters. The number of likely N-dealkylation sites (tertiary alicyclic amines) is 2. The molecule has 0 spiro atoms. The summed E-state index contributed by atoms with van der Waals surface area (Å²) in [5, 5.41) is 4.37. The number of hydrogen-bond donors (Lipinski definition) is 1. The van der Waals surface area contributed by atoms with Gasteiger partial charge in [0.25, 0.3) is 5.91 Å². The first kappa shape index (κ1) is 18.8. The van der Waals surface area contributed by atoms with E-state index in [0.29, 0.717) is 18.4 Å². The summed E-state index contributed by atoms with van der Waals surface area (Å²) in [5.41, 5.74) is 0.982. The van der Waals surface area contributed by atoms with Crippen molar-refractivity contribution in [1.29, 1.82) is 0 Å². The number of amides is 2. The molecule has 2 amide bonds. The highest BCUT2D eigenvalue weighted by Gasteiger charge is 2.41. The number of piperidine rings is 1. The molecule has 7 nitrogen and oxygen atoms in total. The van der Waals surface area contributed by atoms with E-state index >= 15 is 0 Å². The Morgan fingerprint density at radius 1 is 1.34 bits per heavy atom. The molecule has 3 aliphatic rings. The van der Waals surface area contributed by atoms with Gasteiger partial charge in [0.2, 0.25) is 5.91 Å². The van der Waals surface area contributed by atoms with Crippen LogP contribution in [0.4, 0.5) is 5.82 Å². The molecule has 2 atom stereocenters. The third-order valence-corrected chi connectivity index (χ3v) is 7.85. The molecule has 2 aliphatic heterocycles. The maximum Gasteiger partial charge on any atom is 0.264 e. The van der Waals surface area contributed by atoms with Gasteiger partial charge in [0.15, 0.2) is 0 Å². The molecular weight excluding hydrogens is 386 g/mol. The largest absolute Gasteiger partial charge is 0.369 e. The highest BCUT2D eigenvalue weighted by atomic mass is 32.1. The zero-order valence-corrected chi connectivity index (χ0v) is 17.6. The Kier molecular flexibility index (Phi) is 4.89. The Balaban J connectivity index is 1.30. The molecule has 3 fully saturated rings. The van der Waals surface area contributed by atoms with Gasteiger partial charge in [-0.15, -0.1) is 11.3 Å². The molecule has 8 heteroatoms. The molecule has 1 aliphatic carbocycles. The minimum atomic E-state index is 0.163. The maximum absolute atomic E-state index is 13.2. The van der Waals surface area contributed by atoms with E-state index in [1.165, 1.54) is 24.2 Å². The van der Waals surface area contributed by atoms with Gasteiger partial charge in [0, 0.05) is 38.6 Å². The third-order valence-electron chi connectivity index (χ3n) is 6.66. The lowest BCUT2D eigenvalue weighted by Gasteiger charge is -2.26. The molecule has 5 rings (SSSR count). The number of nitrogens with one attached hydrogen (secondary N) is 1. The van der Waals surface area contributed by atoms with Crippen LogP contribution in [0.2, 0.25) is 0 Å². The first-order valence-corrected chi connectivity index (χ1v) is 11.5. The molecule has 0 radical (unpaired) electrons. The second kappa shape index (κ2) is 7.55. The fourth-order valence-electron chi connectivity index (χ4n) is 5.13. The van der Waals surface area contributed by atoms with Crippen LogP contribution in [0.1, 0.15) is 53.8 Å². The van der Waals surface area contributed by atoms with Crippen molar-refractivity contribution in [3.05, 3.63) is 16.8 Å². The van der Waals surface area contributed by atoms with Crippen LogP contribution in [0, 0.1) is 12.8 Å². The van der Waals surface area contributed by atoms with Crippen LogP contribution in [0.25, 0.3) is 10.2 Å². The van der Waals surface area contributed by atoms with Crippen LogP contribution in [-0.4, -0.2) is 63.8 Å². The lowest BCUT2D eigenvalue weighted by atomic mass is 10.1. The summed E-state index contributed by atoms with van der Waals surface area (Å²) < 4.78 is 0. The first-order chi connectivity index (χ1) is 14.1. The first-order valence-electron chi connectivity index (χ1n) is 10.7. The summed E-state index contributed by atoms with van der Waals surface area (Å²) in [4.78, 5) is 39.5. The maximum atomic E-state index is 13.2. The molecule has 2 bridgehead atoms. The van der Waals surface area contributed by atoms with Crippen molar-refractivity contribution in [3.63, 3.8) is 0 Å². The summed E-state index contributed by atoms with van der Waals surface area (Å²) in [6.45, 7) is 5.32. The van der Waals surface area contributed by atoms with Gasteiger partial charge >= 0.3 is 0 Å². The lowest BCUT2D eigenvalue weighted by molar-refractivity contribution is -0.127. The molecule has 2 aromatic rings. The van der Waals surface area contributed by atoms with Gasteiger partial charge in [0.1, 0.15) is 17.0 Å². The predicted octanol–water partition coefficient (Wildman–Crippen LogP) is 3.05. The number of carbonyl (C=O) groups excluding carboxylic acids is 2. The van der Waals surface area contributed by atoms with Crippen molar-refractivity contribution in [1.82, 2.24) is 19.8 Å². The Labute approximate surface area is 174 Å². The normalized spacial score (nSPS) is 23.6. The van der Waals surface area contributed by atoms with Gasteiger partial charge in [0.05, 0.1) is 10.3 Å². The molecule has 154 valence electrons.